The molecule has 1 aliphatic heterocycles. The number of carboxylic acid groups (broad SMARTS) is 3. The van der Waals surface area contributed by atoms with E-state index in [4.69, 9.17) is 5.11 Å². The third kappa shape index (κ3) is 13.1. The highest BCUT2D eigenvalue weighted by Crippen LogP contribution is 2.03. The molecule has 0 spiro atoms. The molecule has 14 heteroatoms. The first kappa shape index (κ1) is 28.7. The lowest BCUT2D eigenvalue weighted by Gasteiger charge is -2.33. The molecule has 33 heavy (non-hydrogen) atoms. The zero-order chi connectivity index (χ0) is 25.0. The molecule has 5 N–H and O–H groups in total. The van der Waals surface area contributed by atoms with E-state index in [9.17, 15) is 39.6 Å². The quantitative estimate of drug-likeness (QED) is 0.193. The summed E-state index contributed by atoms with van der Waals surface area (Å²) in [7, 11) is 1.38. The lowest BCUT2D eigenvalue weighted by molar-refractivity contribution is -0.143. The van der Waals surface area contributed by atoms with Crippen molar-refractivity contribution in [2.24, 2.45) is 0 Å². The summed E-state index contributed by atoms with van der Waals surface area (Å²) < 4.78 is 0. The molecule has 14 nitrogen and oxygen atoms in total. The van der Waals surface area contributed by atoms with Crippen molar-refractivity contribution in [1.82, 2.24) is 24.5 Å². The Balaban J connectivity index is 2.97. The molecule has 0 bridgehead atoms. The zero-order valence-corrected chi connectivity index (χ0v) is 18.9. The molecule has 0 radical (unpaired) electrons. The lowest BCUT2D eigenvalue weighted by Crippen LogP contribution is -2.50. The van der Waals surface area contributed by atoms with Crippen LogP contribution in [0.3, 0.4) is 0 Å². The van der Waals surface area contributed by atoms with Crippen LogP contribution in [-0.4, -0.2) is 172 Å². The van der Waals surface area contributed by atoms with Crippen LogP contribution in [0.25, 0.3) is 0 Å². The Labute approximate surface area is 192 Å². The third-order valence-corrected chi connectivity index (χ3v) is 5.23. The average Bonchev–Trinajstić information content (AvgIpc) is 2.68. The number of hydrogen-bond donors (Lipinski definition) is 5. The van der Waals surface area contributed by atoms with E-state index in [0.717, 1.165) is 4.90 Å². The third-order valence-electron chi connectivity index (χ3n) is 5.23. The standard InChI is InChI=1S/C19H35N5O9/c1-20(11-16(26)27)15(25)10-21-2-4-22(12-17(28)29)6-8-24(14-19(32)33)9-7-23(5-3-21)13-18(30)31/h19,32-33H,2-14H2,1H3,(H,26,27)(H,28,29)(H,30,31). The van der Waals surface area contributed by atoms with Crippen LogP contribution in [0, 0.1) is 0 Å². The predicted molar refractivity (Wildman–Crippen MR) is 115 cm³/mol. The first-order valence-electron chi connectivity index (χ1n) is 10.6. The number of aliphatic hydroxyl groups excluding tert-OH is 1. The first-order valence-corrected chi connectivity index (χ1v) is 10.6. The number of carboxylic acids is 3. The van der Waals surface area contributed by atoms with Gasteiger partial charge in [0.1, 0.15) is 6.54 Å². The van der Waals surface area contributed by atoms with E-state index < -0.39 is 36.6 Å². The average molecular weight is 478 g/mol. The molecule has 0 atom stereocenters. The van der Waals surface area contributed by atoms with Crippen molar-refractivity contribution in [2.75, 3.05) is 92.1 Å². The molecule has 0 unspecified atom stereocenters. The van der Waals surface area contributed by atoms with Crippen molar-refractivity contribution in [2.45, 2.75) is 6.29 Å². The predicted octanol–water partition coefficient (Wildman–Crippen LogP) is -3.77. The topological polar surface area (TPSA) is 186 Å². The van der Waals surface area contributed by atoms with Gasteiger partial charge in [0.25, 0.3) is 0 Å². The van der Waals surface area contributed by atoms with Crippen LogP contribution in [0.15, 0.2) is 0 Å². The van der Waals surface area contributed by atoms with Gasteiger partial charge in [-0.25, -0.2) is 0 Å². The molecule has 1 rings (SSSR count). The number of β-amino-alcohol motifs (C(OH)–C–C–N with tert-alkyl or cyclic N) is 2. The molecular formula is C19H35N5O9. The van der Waals surface area contributed by atoms with Gasteiger partial charge in [0, 0.05) is 66.0 Å². The summed E-state index contributed by atoms with van der Waals surface area (Å²) in [6.07, 6.45) is -1.58. The maximum atomic E-state index is 12.4. The van der Waals surface area contributed by atoms with Crippen LogP contribution >= 0.6 is 0 Å². The fourth-order valence-electron chi connectivity index (χ4n) is 3.45. The molecule has 0 saturated carbocycles. The Kier molecular flexibility index (Phi) is 12.8. The van der Waals surface area contributed by atoms with Crippen molar-refractivity contribution < 1.29 is 44.7 Å². The van der Waals surface area contributed by atoms with Crippen LogP contribution < -0.4 is 0 Å². The second-order valence-electron chi connectivity index (χ2n) is 8.04. The molecule has 1 fully saturated rings. The van der Waals surface area contributed by atoms with Gasteiger partial charge in [-0.3, -0.25) is 38.8 Å². The van der Waals surface area contributed by atoms with Crippen LogP contribution in [0.4, 0.5) is 0 Å². The molecule has 0 aromatic rings. The van der Waals surface area contributed by atoms with Crippen molar-refractivity contribution in [3.05, 3.63) is 0 Å². The number of amides is 1. The largest absolute Gasteiger partial charge is 0.480 e. The van der Waals surface area contributed by atoms with Gasteiger partial charge in [-0.15, -0.1) is 0 Å². The van der Waals surface area contributed by atoms with Gasteiger partial charge in [0.05, 0.1) is 19.6 Å². The SMILES string of the molecule is CN(CC(=O)O)C(=O)CN1CCN(CC(=O)O)CCN(CC(O)O)CCN(CC(=O)O)CC1. The van der Waals surface area contributed by atoms with Crippen LogP contribution in [0.5, 0.6) is 0 Å². The molecule has 1 saturated heterocycles. The van der Waals surface area contributed by atoms with Gasteiger partial charge in [0.15, 0.2) is 6.29 Å². The maximum absolute atomic E-state index is 12.4. The molecule has 1 aliphatic rings. The number of aliphatic hydroxyl groups is 2. The highest BCUT2D eigenvalue weighted by Gasteiger charge is 2.22. The first-order chi connectivity index (χ1) is 15.5. The summed E-state index contributed by atoms with van der Waals surface area (Å²) in [4.78, 5) is 53.8. The van der Waals surface area contributed by atoms with E-state index in [1.807, 2.05) is 0 Å². The number of nitrogens with zero attached hydrogens (tertiary/aromatic N) is 5. The summed E-state index contributed by atoms with van der Waals surface area (Å²) in [5.41, 5.74) is 0. The number of rotatable bonds is 10. The number of likely N-dealkylation sites (N-methyl/N-ethyl adjacent to an activating group) is 1. The van der Waals surface area contributed by atoms with Gasteiger partial charge >= 0.3 is 17.9 Å². The Morgan fingerprint density at radius 2 is 1.03 bits per heavy atom. The normalized spacial score (nSPS) is 18.4. The van der Waals surface area contributed by atoms with E-state index in [0.29, 0.717) is 52.4 Å². The van der Waals surface area contributed by atoms with E-state index in [2.05, 4.69) is 0 Å². The van der Waals surface area contributed by atoms with Crippen LogP contribution in [0.2, 0.25) is 0 Å². The maximum Gasteiger partial charge on any atom is 0.323 e. The summed E-state index contributed by atoms with van der Waals surface area (Å²) in [6.45, 7) is 1.47. The highest BCUT2D eigenvalue weighted by atomic mass is 16.5. The van der Waals surface area contributed by atoms with E-state index >= 15 is 0 Å². The van der Waals surface area contributed by atoms with Gasteiger partial charge in [-0.2, -0.15) is 0 Å². The monoisotopic (exact) mass is 477 g/mol. The molecular weight excluding hydrogens is 442 g/mol. The van der Waals surface area contributed by atoms with Gasteiger partial charge in [-0.1, -0.05) is 0 Å². The van der Waals surface area contributed by atoms with E-state index in [1.54, 1.807) is 19.6 Å². The zero-order valence-electron chi connectivity index (χ0n) is 18.9. The molecule has 0 aromatic heterocycles. The minimum atomic E-state index is -1.58. The lowest BCUT2D eigenvalue weighted by atomic mass is 10.3. The smallest absolute Gasteiger partial charge is 0.323 e. The summed E-state index contributed by atoms with van der Waals surface area (Å²) in [6, 6.07) is 0. The molecule has 1 heterocycles. The van der Waals surface area contributed by atoms with Gasteiger partial charge < -0.3 is 30.4 Å². The molecule has 0 aromatic carbocycles. The van der Waals surface area contributed by atoms with Crippen molar-refractivity contribution >= 4 is 23.8 Å². The highest BCUT2D eigenvalue weighted by molar-refractivity contribution is 5.82. The fourth-order valence-corrected chi connectivity index (χ4v) is 3.45. The van der Waals surface area contributed by atoms with Crippen molar-refractivity contribution in [1.29, 1.82) is 0 Å². The summed E-state index contributed by atoms with van der Waals surface area (Å²) in [5, 5.41) is 46.0. The van der Waals surface area contributed by atoms with Crippen LogP contribution in [0.1, 0.15) is 0 Å². The number of carbonyl (C=O) groups is 4. The second-order valence-corrected chi connectivity index (χ2v) is 8.04. The molecule has 190 valence electrons. The number of carbonyl (C=O) groups excluding carboxylic acids is 1. The molecule has 0 aliphatic carbocycles. The van der Waals surface area contributed by atoms with Gasteiger partial charge in [-0.05, 0) is 0 Å². The van der Waals surface area contributed by atoms with Gasteiger partial charge in [0.2, 0.25) is 5.91 Å². The molecule has 1 amide bonds. The Morgan fingerprint density at radius 3 is 1.36 bits per heavy atom. The van der Waals surface area contributed by atoms with E-state index in [1.165, 1.54) is 7.05 Å². The Morgan fingerprint density at radius 1 is 0.667 bits per heavy atom. The fraction of sp³-hybridized carbons (Fsp3) is 0.789. The van der Waals surface area contributed by atoms with Crippen LogP contribution in [-0.2, 0) is 19.2 Å². The number of aliphatic carboxylic acids is 3. The second kappa shape index (κ2) is 14.7. The minimum absolute atomic E-state index is 0.0572. The number of hydrogen-bond acceptors (Lipinski definition) is 10. The van der Waals surface area contributed by atoms with Crippen molar-refractivity contribution in [3.63, 3.8) is 0 Å². The summed E-state index contributed by atoms with van der Waals surface area (Å²) >= 11 is 0. The Hall–Kier alpha value is -2.36. The van der Waals surface area contributed by atoms with Crippen molar-refractivity contribution in [3.8, 4) is 0 Å². The minimum Gasteiger partial charge on any atom is -0.480 e. The Bertz CT molecular complexity index is 632. The van der Waals surface area contributed by atoms with E-state index in [-0.39, 0.29) is 26.2 Å². The summed E-state index contributed by atoms with van der Waals surface area (Å²) in [5.74, 6) is -3.60.